The van der Waals surface area contributed by atoms with Gasteiger partial charge in [0.1, 0.15) is 5.52 Å². The lowest BCUT2D eigenvalue weighted by molar-refractivity contribution is 0.655. The molecule has 0 aromatic carbocycles. The Kier molecular flexibility index (Phi) is 1.45. The number of hydrogen-bond donors (Lipinski definition) is 0. The third-order valence-corrected chi connectivity index (χ3v) is 2.08. The topological polar surface area (TPSA) is 65.6 Å². The molecule has 2 aromatic heterocycles. The molecule has 0 radical (unpaired) electrons. The minimum atomic E-state index is -0.214. The van der Waals surface area contributed by atoms with Gasteiger partial charge in [-0.3, -0.25) is 9.48 Å². The van der Waals surface area contributed by atoms with Crippen molar-refractivity contribution in [3.63, 3.8) is 0 Å². The Morgan fingerprint density at radius 3 is 2.54 bits per heavy atom. The van der Waals surface area contributed by atoms with Crippen LogP contribution in [0.25, 0.3) is 11.0 Å². The summed E-state index contributed by atoms with van der Waals surface area (Å²) in [7, 11) is 3.33. The van der Waals surface area contributed by atoms with Gasteiger partial charge in [0.15, 0.2) is 5.52 Å². The zero-order valence-electron chi connectivity index (χ0n) is 7.64. The Morgan fingerprint density at radius 2 is 1.85 bits per heavy atom. The van der Waals surface area contributed by atoms with Gasteiger partial charge in [-0.25, -0.2) is 4.68 Å². The average Bonchev–Trinajstić information content (AvgIpc) is 2.38. The molecule has 0 aliphatic heterocycles. The standard InChI is InChI=1S/C7H9N5O/c1-4-5-6(9-11(4)2)7(13)12(3)10-8-5/h1-3H3. The fraction of sp³-hybridized carbons (Fsp3) is 0.429. The second kappa shape index (κ2) is 2.38. The molecule has 0 aliphatic rings. The lowest BCUT2D eigenvalue weighted by atomic mass is 10.4. The van der Waals surface area contributed by atoms with Gasteiger partial charge in [-0.2, -0.15) is 5.10 Å². The SMILES string of the molecule is Cc1c2nnn(C)c(=O)c2nn1C. The summed E-state index contributed by atoms with van der Waals surface area (Å²) in [6, 6.07) is 0. The van der Waals surface area contributed by atoms with E-state index in [2.05, 4.69) is 15.4 Å². The van der Waals surface area contributed by atoms with Gasteiger partial charge in [0.25, 0.3) is 5.56 Å². The van der Waals surface area contributed by atoms with Crippen LogP contribution in [-0.2, 0) is 14.1 Å². The summed E-state index contributed by atoms with van der Waals surface area (Å²) < 4.78 is 2.80. The van der Waals surface area contributed by atoms with Crippen molar-refractivity contribution in [2.75, 3.05) is 0 Å². The number of aromatic nitrogens is 5. The minimum absolute atomic E-state index is 0.214. The normalized spacial score (nSPS) is 11.0. The fourth-order valence-electron chi connectivity index (χ4n) is 1.17. The third-order valence-electron chi connectivity index (χ3n) is 2.08. The van der Waals surface area contributed by atoms with Gasteiger partial charge in [0, 0.05) is 14.1 Å². The molecule has 0 atom stereocenters. The van der Waals surface area contributed by atoms with E-state index in [1.807, 2.05) is 6.92 Å². The predicted octanol–water partition coefficient (Wildman–Crippen LogP) is -0.630. The zero-order chi connectivity index (χ0) is 9.59. The first-order chi connectivity index (χ1) is 6.11. The van der Waals surface area contributed by atoms with E-state index in [-0.39, 0.29) is 5.56 Å². The number of nitrogens with zero attached hydrogens (tertiary/aromatic N) is 5. The first-order valence-electron chi connectivity index (χ1n) is 3.84. The molecule has 0 amide bonds. The van der Waals surface area contributed by atoms with Gasteiger partial charge in [-0.1, -0.05) is 5.21 Å². The molecule has 13 heavy (non-hydrogen) atoms. The maximum absolute atomic E-state index is 11.5. The van der Waals surface area contributed by atoms with Crippen molar-refractivity contribution in [1.82, 2.24) is 24.8 Å². The molecule has 6 nitrogen and oxygen atoms in total. The molecule has 0 bridgehead atoms. The molecule has 68 valence electrons. The Morgan fingerprint density at radius 1 is 1.15 bits per heavy atom. The first kappa shape index (κ1) is 7.90. The molecule has 0 unspecified atom stereocenters. The maximum atomic E-state index is 11.5. The molecule has 0 saturated heterocycles. The van der Waals surface area contributed by atoms with Crippen LogP contribution in [0.15, 0.2) is 4.79 Å². The van der Waals surface area contributed by atoms with Crippen molar-refractivity contribution in [3.05, 3.63) is 16.0 Å². The molecule has 0 saturated carbocycles. The molecule has 2 rings (SSSR count). The summed E-state index contributed by atoms with van der Waals surface area (Å²) in [5.41, 5.74) is 1.58. The van der Waals surface area contributed by atoms with E-state index >= 15 is 0 Å². The van der Waals surface area contributed by atoms with E-state index in [0.29, 0.717) is 11.0 Å². The van der Waals surface area contributed by atoms with Crippen LogP contribution in [0.4, 0.5) is 0 Å². The largest absolute Gasteiger partial charge is 0.297 e. The first-order valence-corrected chi connectivity index (χ1v) is 3.84. The van der Waals surface area contributed by atoms with Crippen LogP contribution in [0.3, 0.4) is 0 Å². The van der Waals surface area contributed by atoms with Crippen LogP contribution >= 0.6 is 0 Å². The van der Waals surface area contributed by atoms with Crippen LogP contribution in [0.1, 0.15) is 5.69 Å². The van der Waals surface area contributed by atoms with Gasteiger partial charge in [0.2, 0.25) is 0 Å². The highest BCUT2D eigenvalue weighted by molar-refractivity contribution is 5.74. The van der Waals surface area contributed by atoms with Gasteiger partial charge < -0.3 is 0 Å². The molecule has 2 heterocycles. The Balaban J connectivity index is 3.03. The summed E-state index contributed by atoms with van der Waals surface area (Å²) in [6.45, 7) is 1.85. The quantitative estimate of drug-likeness (QED) is 0.540. The van der Waals surface area contributed by atoms with E-state index in [1.54, 1.807) is 18.8 Å². The highest BCUT2D eigenvalue weighted by Gasteiger charge is 2.10. The van der Waals surface area contributed by atoms with Gasteiger partial charge in [-0.15, -0.1) is 5.10 Å². The Hall–Kier alpha value is -1.72. The van der Waals surface area contributed by atoms with E-state index in [4.69, 9.17) is 0 Å². The predicted molar refractivity (Wildman–Crippen MR) is 46.3 cm³/mol. The number of aryl methyl sites for hydroxylation is 3. The Labute approximate surface area is 73.8 Å². The van der Waals surface area contributed by atoms with Gasteiger partial charge in [-0.05, 0) is 6.92 Å². The lowest BCUT2D eigenvalue weighted by Gasteiger charge is -1.91. The number of hydrogen-bond acceptors (Lipinski definition) is 4. The van der Waals surface area contributed by atoms with Crippen molar-refractivity contribution in [2.45, 2.75) is 6.92 Å². The maximum Gasteiger partial charge on any atom is 0.297 e. The zero-order valence-corrected chi connectivity index (χ0v) is 7.64. The summed E-state index contributed by atoms with van der Waals surface area (Å²) in [5, 5.41) is 11.6. The molecule has 0 fully saturated rings. The van der Waals surface area contributed by atoms with E-state index < -0.39 is 0 Å². The summed E-state index contributed by atoms with van der Waals surface area (Å²) in [5.74, 6) is 0. The number of rotatable bonds is 0. The molecule has 2 aromatic rings. The monoisotopic (exact) mass is 179 g/mol. The van der Waals surface area contributed by atoms with Crippen LogP contribution in [0.5, 0.6) is 0 Å². The lowest BCUT2D eigenvalue weighted by Crippen LogP contribution is -2.20. The van der Waals surface area contributed by atoms with Crippen LogP contribution in [-0.4, -0.2) is 24.8 Å². The fourth-order valence-corrected chi connectivity index (χ4v) is 1.17. The average molecular weight is 179 g/mol. The second-order valence-corrected chi connectivity index (χ2v) is 2.92. The third kappa shape index (κ3) is 0.947. The molecular formula is C7H9N5O. The molecular weight excluding hydrogens is 170 g/mol. The summed E-state index contributed by atoms with van der Waals surface area (Å²) in [6.07, 6.45) is 0. The van der Waals surface area contributed by atoms with Crippen molar-refractivity contribution >= 4 is 11.0 Å². The molecule has 6 heteroatoms. The van der Waals surface area contributed by atoms with Gasteiger partial charge in [0.05, 0.1) is 5.69 Å². The highest BCUT2D eigenvalue weighted by Crippen LogP contribution is 2.07. The van der Waals surface area contributed by atoms with E-state index in [1.165, 1.54) is 4.68 Å². The number of fused-ring (bicyclic) bond motifs is 1. The van der Waals surface area contributed by atoms with Crippen LogP contribution in [0.2, 0.25) is 0 Å². The highest BCUT2D eigenvalue weighted by atomic mass is 16.1. The van der Waals surface area contributed by atoms with Crippen LogP contribution in [0, 0.1) is 6.92 Å². The van der Waals surface area contributed by atoms with E-state index in [9.17, 15) is 4.79 Å². The van der Waals surface area contributed by atoms with Crippen molar-refractivity contribution in [1.29, 1.82) is 0 Å². The van der Waals surface area contributed by atoms with Crippen molar-refractivity contribution in [3.8, 4) is 0 Å². The Bertz CT molecular complexity index is 523. The van der Waals surface area contributed by atoms with Crippen molar-refractivity contribution < 1.29 is 0 Å². The summed E-state index contributed by atoms with van der Waals surface area (Å²) in [4.78, 5) is 11.5. The molecule has 0 aliphatic carbocycles. The van der Waals surface area contributed by atoms with E-state index in [0.717, 1.165) is 5.69 Å². The molecule has 0 spiro atoms. The second-order valence-electron chi connectivity index (χ2n) is 2.92. The van der Waals surface area contributed by atoms with Crippen molar-refractivity contribution in [2.24, 2.45) is 14.1 Å². The smallest absolute Gasteiger partial charge is 0.270 e. The molecule has 0 N–H and O–H groups in total. The van der Waals surface area contributed by atoms with Crippen LogP contribution < -0.4 is 5.56 Å². The summed E-state index contributed by atoms with van der Waals surface area (Å²) >= 11 is 0. The minimum Gasteiger partial charge on any atom is -0.270 e. The van der Waals surface area contributed by atoms with Gasteiger partial charge >= 0.3 is 0 Å².